The molecule has 0 radical (unpaired) electrons. The number of imide groups is 2. The van der Waals surface area contributed by atoms with Crippen LogP contribution in [-0.2, 0) is 16.1 Å². The third kappa shape index (κ3) is 3.84. The molecule has 3 heterocycles. The van der Waals surface area contributed by atoms with Crippen molar-refractivity contribution >= 4 is 35.0 Å². The summed E-state index contributed by atoms with van der Waals surface area (Å²) in [6, 6.07) is 12.4. The number of nitrogens with one attached hydrogen (secondary N) is 2. The number of nitrogens with two attached hydrogens (primary N) is 1. The molecule has 0 saturated carbocycles. The summed E-state index contributed by atoms with van der Waals surface area (Å²) in [6.45, 7) is 2.14. The molecule has 2 aromatic carbocycles. The second-order valence-electron chi connectivity index (χ2n) is 8.68. The number of nitrogens with zero attached hydrogens (tertiary/aromatic N) is 2. The number of carbonyl (C=O) groups excluding carboxylic acids is 4. The summed E-state index contributed by atoms with van der Waals surface area (Å²) in [5, 5.41) is 5.53. The molecule has 0 spiro atoms. The zero-order valence-corrected chi connectivity index (χ0v) is 18.0. The van der Waals surface area contributed by atoms with Crippen LogP contribution in [0, 0.1) is 0 Å². The molecule has 2 atom stereocenters. The third-order valence-electron chi connectivity index (χ3n) is 6.49. The molecule has 170 valence electrons. The van der Waals surface area contributed by atoms with Crippen LogP contribution in [0.25, 0.3) is 0 Å². The molecule has 9 heteroatoms. The SMILES string of the molecule is NC1CCN(c2ccc(NCc3cccc4c3C(=O)N(C3CCC(=O)NC3=O)C4=O)cc2)C1. The average molecular weight is 447 g/mol. The van der Waals surface area contributed by atoms with Gasteiger partial charge in [0.15, 0.2) is 0 Å². The van der Waals surface area contributed by atoms with Crippen LogP contribution in [0.4, 0.5) is 11.4 Å². The molecule has 0 aromatic heterocycles. The maximum Gasteiger partial charge on any atom is 0.262 e. The zero-order chi connectivity index (χ0) is 23.1. The van der Waals surface area contributed by atoms with Gasteiger partial charge >= 0.3 is 0 Å². The van der Waals surface area contributed by atoms with Crippen molar-refractivity contribution in [1.29, 1.82) is 0 Å². The van der Waals surface area contributed by atoms with Crippen LogP contribution in [0.1, 0.15) is 45.5 Å². The Morgan fingerprint density at radius 1 is 1.00 bits per heavy atom. The smallest absolute Gasteiger partial charge is 0.262 e. The first-order chi connectivity index (χ1) is 15.9. The third-order valence-corrected chi connectivity index (χ3v) is 6.49. The van der Waals surface area contributed by atoms with E-state index in [0.717, 1.165) is 35.8 Å². The quantitative estimate of drug-likeness (QED) is 0.589. The molecular weight excluding hydrogens is 422 g/mol. The van der Waals surface area contributed by atoms with Crippen molar-refractivity contribution in [2.75, 3.05) is 23.3 Å². The molecule has 2 fully saturated rings. The number of hydrogen-bond donors (Lipinski definition) is 3. The number of anilines is 2. The van der Waals surface area contributed by atoms with Gasteiger partial charge < -0.3 is 16.0 Å². The van der Waals surface area contributed by atoms with E-state index in [0.29, 0.717) is 17.7 Å². The molecule has 0 bridgehead atoms. The lowest BCUT2D eigenvalue weighted by atomic mass is 10.0. The van der Waals surface area contributed by atoms with Gasteiger partial charge in [-0.25, -0.2) is 0 Å². The van der Waals surface area contributed by atoms with Gasteiger partial charge in [0.05, 0.1) is 11.1 Å². The monoisotopic (exact) mass is 447 g/mol. The van der Waals surface area contributed by atoms with Crippen LogP contribution in [0.15, 0.2) is 42.5 Å². The largest absolute Gasteiger partial charge is 0.381 e. The Bertz CT molecular complexity index is 1150. The first-order valence-corrected chi connectivity index (χ1v) is 11.1. The van der Waals surface area contributed by atoms with Crippen LogP contribution in [0.2, 0.25) is 0 Å². The highest BCUT2D eigenvalue weighted by Crippen LogP contribution is 2.30. The minimum absolute atomic E-state index is 0.0948. The van der Waals surface area contributed by atoms with Crippen molar-refractivity contribution in [1.82, 2.24) is 10.2 Å². The van der Waals surface area contributed by atoms with Crippen molar-refractivity contribution in [2.45, 2.75) is 37.9 Å². The molecule has 2 saturated heterocycles. The Balaban J connectivity index is 1.31. The molecule has 4 N–H and O–H groups in total. The maximum atomic E-state index is 13.2. The zero-order valence-electron chi connectivity index (χ0n) is 18.0. The fourth-order valence-electron chi connectivity index (χ4n) is 4.74. The Morgan fingerprint density at radius 3 is 2.48 bits per heavy atom. The van der Waals surface area contributed by atoms with Gasteiger partial charge in [-0.05, 0) is 48.7 Å². The van der Waals surface area contributed by atoms with Crippen LogP contribution in [0.3, 0.4) is 0 Å². The molecule has 2 aromatic rings. The predicted octanol–water partition coefficient (Wildman–Crippen LogP) is 1.24. The van der Waals surface area contributed by atoms with Crippen LogP contribution < -0.4 is 21.3 Å². The van der Waals surface area contributed by atoms with E-state index in [1.54, 1.807) is 18.2 Å². The summed E-state index contributed by atoms with van der Waals surface area (Å²) in [5.74, 6) is -2.00. The molecular formula is C24H25N5O4. The summed E-state index contributed by atoms with van der Waals surface area (Å²) in [5.41, 5.74) is 9.27. The van der Waals surface area contributed by atoms with Crippen molar-refractivity contribution in [3.63, 3.8) is 0 Å². The first-order valence-electron chi connectivity index (χ1n) is 11.1. The van der Waals surface area contributed by atoms with Gasteiger partial charge in [0.2, 0.25) is 11.8 Å². The topological polar surface area (TPSA) is 125 Å². The molecule has 2 unspecified atom stereocenters. The molecule has 3 aliphatic heterocycles. The normalized spacial score (nSPS) is 22.6. The Hall–Kier alpha value is -3.72. The predicted molar refractivity (Wildman–Crippen MR) is 122 cm³/mol. The second kappa shape index (κ2) is 8.32. The molecule has 0 aliphatic carbocycles. The van der Waals surface area contributed by atoms with E-state index >= 15 is 0 Å². The number of rotatable bonds is 5. The second-order valence-corrected chi connectivity index (χ2v) is 8.68. The lowest BCUT2D eigenvalue weighted by molar-refractivity contribution is -0.136. The summed E-state index contributed by atoms with van der Waals surface area (Å²) < 4.78 is 0. The molecule has 4 amide bonds. The molecule has 9 nitrogen and oxygen atoms in total. The van der Waals surface area contributed by atoms with Gasteiger partial charge in [0, 0.05) is 43.5 Å². The number of carbonyl (C=O) groups is 4. The Morgan fingerprint density at radius 2 is 1.79 bits per heavy atom. The van der Waals surface area contributed by atoms with Gasteiger partial charge in [-0.3, -0.25) is 29.4 Å². The molecule has 33 heavy (non-hydrogen) atoms. The first kappa shape index (κ1) is 21.1. The van der Waals surface area contributed by atoms with Crippen molar-refractivity contribution in [2.24, 2.45) is 5.73 Å². The fraction of sp³-hybridized carbons (Fsp3) is 0.333. The van der Waals surface area contributed by atoms with E-state index in [1.165, 1.54) is 0 Å². The van der Waals surface area contributed by atoms with Crippen LogP contribution >= 0.6 is 0 Å². The van der Waals surface area contributed by atoms with E-state index in [2.05, 4.69) is 15.5 Å². The van der Waals surface area contributed by atoms with E-state index in [1.807, 2.05) is 24.3 Å². The number of amides is 4. The van der Waals surface area contributed by atoms with Crippen molar-refractivity contribution < 1.29 is 19.2 Å². The maximum absolute atomic E-state index is 13.2. The lowest BCUT2D eigenvalue weighted by Crippen LogP contribution is -2.54. The summed E-state index contributed by atoms with van der Waals surface area (Å²) >= 11 is 0. The van der Waals surface area contributed by atoms with Crippen LogP contribution in [0.5, 0.6) is 0 Å². The van der Waals surface area contributed by atoms with Gasteiger partial charge in [-0.15, -0.1) is 0 Å². The highest BCUT2D eigenvalue weighted by Gasteiger charge is 2.45. The average Bonchev–Trinajstić information content (AvgIpc) is 3.35. The molecule has 3 aliphatic rings. The van der Waals surface area contributed by atoms with Gasteiger partial charge in [0.25, 0.3) is 11.8 Å². The van der Waals surface area contributed by atoms with E-state index in [9.17, 15) is 19.2 Å². The standard InChI is InChI=1S/C24H25N5O4/c25-15-10-11-28(13-15)17-6-4-16(5-7-17)26-12-14-2-1-3-18-21(14)24(33)29(23(18)32)19-8-9-20(30)27-22(19)31/h1-7,15,19,26H,8-13,25H2,(H,27,30,31). The Kier molecular flexibility index (Phi) is 5.33. The number of hydrogen-bond acceptors (Lipinski definition) is 7. The van der Waals surface area contributed by atoms with Gasteiger partial charge in [-0.1, -0.05) is 12.1 Å². The summed E-state index contributed by atoms with van der Waals surface area (Å²) in [7, 11) is 0. The Labute approximate surface area is 190 Å². The highest BCUT2D eigenvalue weighted by atomic mass is 16.2. The van der Waals surface area contributed by atoms with E-state index in [4.69, 9.17) is 5.73 Å². The summed E-state index contributed by atoms with van der Waals surface area (Å²) in [6.07, 6.45) is 1.22. The fourth-order valence-corrected chi connectivity index (χ4v) is 4.74. The minimum Gasteiger partial charge on any atom is -0.381 e. The van der Waals surface area contributed by atoms with Crippen molar-refractivity contribution in [3.05, 3.63) is 59.2 Å². The van der Waals surface area contributed by atoms with E-state index in [-0.39, 0.29) is 24.4 Å². The summed E-state index contributed by atoms with van der Waals surface area (Å²) in [4.78, 5) is 53.1. The number of piperidine rings is 1. The van der Waals surface area contributed by atoms with Crippen LogP contribution in [-0.4, -0.2) is 53.7 Å². The lowest BCUT2D eigenvalue weighted by Gasteiger charge is -2.27. The van der Waals surface area contributed by atoms with Crippen molar-refractivity contribution in [3.8, 4) is 0 Å². The van der Waals surface area contributed by atoms with E-state index < -0.39 is 29.7 Å². The van der Waals surface area contributed by atoms with Gasteiger partial charge in [0.1, 0.15) is 6.04 Å². The number of fused-ring (bicyclic) bond motifs is 1. The molecule has 5 rings (SSSR count). The number of benzene rings is 2. The van der Waals surface area contributed by atoms with Gasteiger partial charge in [-0.2, -0.15) is 0 Å². The minimum atomic E-state index is -0.970. The highest BCUT2D eigenvalue weighted by molar-refractivity contribution is 6.24.